The third-order valence-electron chi connectivity index (χ3n) is 5.14. The largest absolute Gasteiger partial charge is 0.373 e. The van der Waals surface area contributed by atoms with Crippen LogP contribution in [-0.2, 0) is 4.74 Å². The summed E-state index contributed by atoms with van der Waals surface area (Å²) in [6, 6.07) is 1.23. The van der Waals surface area contributed by atoms with Gasteiger partial charge in [-0.1, -0.05) is 6.42 Å². The fourth-order valence-corrected chi connectivity index (χ4v) is 3.60. The van der Waals surface area contributed by atoms with Crippen LogP contribution < -0.4 is 10.6 Å². The van der Waals surface area contributed by atoms with Gasteiger partial charge in [0.2, 0.25) is 0 Å². The fourth-order valence-electron chi connectivity index (χ4n) is 3.60. The molecule has 0 aromatic heterocycles. The molecule has 2 heterocycles. The molecular formula is C17H35IN4O. The van der Waals surface area contributed by atoms with E-state index in [1.807, 2.05) is 7.05 Å². The van der Waals surface area contributed by atoms with Crippen LogP contribution >= 0.6 is 24.0 Å². The first-order valence-corrected chi connectivity index (χ1v) is 8.88. The van der Waals surface area contributed by atoms with Crippen molar-refractivity contribution in [2.45, 2.75) is 70.6 Å². The Balaban J connectivity index is 0.00000264. The third-order valence-corrected chi connectivity index (χ3v) is 5.14. The highest BCUT2D eigenvalue weighted by molar-refractivity contribution is 14.0. The third kappa shape index (κ3) is 6.38. The Morgan fingerprint density at radius 2 is 2.13 bits per heavy atom. The Labute approximate surface area is 159 Å². The molecule has 0 aromatic rings. The van der Waals surface area contributed by atoms with E-state index in [-0.39, 0.29) is 29.6 Å². The molecule has 3 unspecified atom stereocenters. The lowest BCUT2D eigenvalue weighted by Gasteiger charge is -2.38. The van der Waals surface area contributed by atoms with Crippen LogP contribution in [0.2, 0.25) is 0 Å². The first-order valence-electron chi connectivity index (χ1n) is 8.88. The SMILES string of the molecule is CN=C(NCC(C)N1CCCCC1C)NCC1(C)CCCO1.I. The molecule has 0 bridgehead atoms. The van der Waals surface area contributed by atoms with Gasteiger partial charge >= 0.3 is 0 Å². The molecule has 5 nitrogen and oxygen atoms in total. The molecule has 2 N–H and O–H groups in total. The molecule has 0 amide bonds. The van der Waals surface area contributed by atoms with Gasteiger partial charge in [-0.15, -0.1) is 24.0 Å². The van der Waals surface area contributed by atoms with Crippen LogP contribution in [0.1, 0.15) is 52.9 Å². The highest BCUT2D eigenvalue weighted by atomic mass is 127. The van der Waals surface area contributed by atoms with Gasteiger partial charge in [-0.3, -0.25) is 9.89 Å². The molecule has 3 atom stereocenters. The van der Waals surface area contributed by atoms with Crippen molar-refractivity contribution in [3.63, 3.8) is 0 Å². The molecule has 2 aliphatic rings. The number of hydrogen-bond acceptors (Lipinski definition) is 3. The first kappa shape index (κ1) is 21.0. The number of rotatable bonds is 5. The maximum Gasteiger partial charge on any atom is 0.191 e. The zero-order valence-electron chi connectivity index (χ0n) is 15.2. The summed E-state index contributed by atoms with van der Waals surface area (Å²) in [6.07, 6.45) is 6.32. The first-order chi connectivity index (χ1) is 10.5. The minimum atomic E-state index is -0.0371. The Morgan fingerprint density at radius 1 is 1.35 bits per heavy atom. The van der Waals surface area contributed by atoms with Crippen LogP contribution in [0.15, 0.2) is 4.99 Å². The number of nitrogens with zero attached hydrogens (tertiary/aromatic N) is 2. The average Bonchev–Trinajstić information content (AvgIpc) is 2.94. The Bertz CT molecular complexity index is 372. The normalized spacial score (nSPS) is 30.6. The molecular weight excluding hydrogens is 403 g/mol. The van der Waals surface area contributed by atoms with E-state index < -0.39 is 0 Å². The lowest BCUT2D eigenvalue weighted by molar-refractivity contribution is 0.0242. The molecule has 0 spiro atoms. The van der Waals surface area contributed by atoms with Gasteiger partial charge in [-0.05, 0) is 53.0 Å². The lowest BCUT2D eigenvalue weighted by atomic mass is 10.0. The van der Waals surface area contributed by atoms with Crippen molar-refractivity contribution >= 4 is 29.9 Å². The highest BCUT2D eigenvalue weighted by Gasteiger charge is 2.30. The van der Waals surface area contributed by atoms with Gasteiger partial charge in [0, 0.05) is 38.8 Å². The number of guanidine groups is 1. The highest BCUT2D eigenvalue weighted by Crippen LogP contribution is 2.23. The fraction of sp³-hybridized carbons (Fsp3) is 0.941. The van der Waals surface area contributed by atoms with Crippen LogP contribution in [0, 0.1) is 0 Å². The van der Waals surface area contributed by atoms with E-state index in [2.05, 4.69) is 41.3 Å². The van der Waals surface area contributed by atoms with Crippen LogP contribution in [0.3, 0.4) is 0 Å². The zero-order chi connectivity index (χ0) is 16.0. The van der Waals surface area contributed by atoms with E-state index in [1.54, 1.807) is 0 Å². The molecule has 2 rings (SSSR count). The summed E-state index contributed by atoms with van der Waals surface area (Å²) in [4.78, 5) is 6.95. The molecule has 0 aromatic carbocycles. The summed E-state index contributed by atoms with van der Waals surface area (Å²) in [5, 5.41) is 6.89. The van der Waals surface area contributed by atoms with Gasteiger partial charge in [0.05, 0.1) is 5.60 Å². The standard InChI is InChI=1S/C17H34N4O.HI/c1-14-8-5-6-10-21(14)15(2)12-19-16(18-4)20-13-17(3)9-7-11-22-17;/h14-15H,5-13H2,1-4H3,(H2,18,19,20);1H. The summed E-state index contributed by atoms with van der Waals surface area (Å²) < 4.78 is 5.82. The molecule has 6 heteroatoms. The van der Waals surface area contributed by atoms with Gasteiger partial charge in [-0.25, -0.2) is 0 Å². The minimum Gasteiger partial charge on any atom is -0.373 e. The molecule has 0 saturated carbocycles. The minimum absolute atomic E-state index is 0. The number of halogens is 1. The van der Waals surface area contributed by atoms with E-state index in [1.165, 1.54) is 25.8 Å². The summed E-state index contributed by atoms with van der Waals surface area (Å²) in [5.74, 6) is 0.883. The topological polar surface area (TPSA) is 48.9 Å². The summed E-state index contributed by atoms with van der Waals surface area (Å²) in [5.41, 5.74) is -0.0371. The Kier molecular flexibility index (Phi) is 9.15. The van der Waals surface area contributed by atoms with Gasteiger partial charge in [0.15, 0.2) is 5.96 Å². The molecule has 2 fully saturated rings. The van der Waals surface area contributed by atoms with Gasteiger partial charge in [-0.2, -0.15) is 0 Å². The van der Waals surface area contributed by atoms with Gasteiger partial charge in [0.1, 0.15) is 0 Å². The monoisotopic (exact) mass is 438 g/mol. The number of aliphatic imine (C=N–C) groups is 1. The van der Waals surface area contributed by atoms with E-state index in [0.717, 1.165) is 38.5 Å². The second-order valence-electron chi connectivity index (χ2n) is 7.14. The number of likely N-dealkylation sites (tertiary alicyclic amines) is 1. The molecule has 136 valence electrons. The second kappa shape index (κ2) is 10.0. The van der Waals surface area contributed by atoms with E-state index >= 15 is 0 Å². The van der Waals surface area contributed by atoms with E-state index in [9.17, 15) is 0 Å². The molecule has 2 aliphatic heterocycles. The number of piperidine rings is 1. The molecule has 0 radical (unpaired) electrons. The average molecular weight is 438 g/mol. The molecule has 23 heavy (non-hydrogen) atoms. The van der Waals surface area contributed by atoms with Crippen molar-refractivity contribution in [3.8, 4) is 0 Å². The Hall–Kier alpha value is -0.0800. The Morgan fingerprint density at radius 3 is 2.74 bits per heavy atom. The predicted molar refractivity (Wildman–Crippen MR) is 108 cm³/mol. The van der Waals surface area contributed by atoms with Crippen molar-refractivity contribution < 1.29 is 4.74 Å². The van der Waals surface area contributed by atoms with E-state index in [4.69, 9.17) is 4.74 Å². The molecule has 0 aliphatic carbocycles. The predicted octanol–water partition coefficient (Wildman–Crippen LogP) is 2.60. The number of hydrogen-bond donors (Lipinski definition) is 2. The van der Waals surface area contributed by atoms with Crippen LogP contribution in [0.4, 0.5) is 0 Å². The van der Waals surface area contributed by atoms with Crippen molar-refractivity contribution in [2.75, 3.05) is 33.3 Å². The number of nitrogens with one attached hydrogen (secondary N) is 2. The van der Waals surface area contributed by atoms with Crippen molar-refractivity contribution in [2.24, 2.45) is 4.99 Å². The summed E-state index contributed by atoms with van der Waals surface area (Å²) in [6.45, 7) is 10.7. The number of ether oxygens (including phenoxy) is 1. The lowest BCUT2D eigenvalue weighted by Crippen LogP contribution is -2.51. The maximum atomic E-state index is 5.82. The molecule has 2 saturated heterocycles. The second-order valence-corrected chi connectivity index (χ2v) is 7.14. The summed E-state index contributed by atoms with van der Waals surface area (Å²) in [7, 11) is 1.83. The summed E-state index contributed by atoms with van der Waals surface area (Å²) >= 11 is 0. The van der Waals surface area contributed by atoms with E-state index in [0.29, 0.717) is 12.1 Å². The van der Waals surface area contributed by atoms with Crippen molar-refractivity contribution in [3.05, 3.63) is 0 Å². The zero-order valence-corrected chi connectivity index (χ0v) is 17.6. The quantitative estimate of drug-likeness (QED) is 0.394. The maximum absolute atomic E-state index is 5.82. The van der Waals surface area contributed by atoms with Crippen LogP contribution in [-0.4, -0.2) is 61.8 Å². The van der Waals surface area contributed by atoms with Crippen molar-refractivity contribution in [1.29, 1.82) is 0 Å². The van der Waals surface area contributed by atoms with Gasteiger partial charge < -0.3 is 15.4 Å². The van der Waals surface area contributed by atoms with Crippen LogP contribution in [0.25, 0.3) is 0 Å². The van der Waals surface area contributed by atoms with Crippen molar-refractivity contribution in [1.82, 2.24) is 15.5 Å². The van der Waals surface area contributed by atoms with Crippen LogP contribution in [0.5, 0.6) is 0 Å². The smallest absolute Gasteiger partial charge is 0.191 e. The van der Waals surface area contributed by atoms with Gasteiger partial charge in [0.25, 0.3) is 0 Å².